The maximum atomic E-state index is 9.00. The van der Waals surface area contributed by atoms with Gasteiger partial charge in [-0.25, -0.2) is 0 Å². The second kappa shape index (κ2) is 5.84. The summed E-state index contributed by atoms with van der Waals surface area (Å²) in [6, 6.07) is 3.31. The van der Waals surface area contributed by atoms with Crippen LogP contribution in [0.15, 0.2) is 0 Å². The molecule has 0 N–H and O–H groups in total. The van der Waals surface area contributed by atoms with Crippen molar-refractivity contribution < 1.29 is 0 Å². The molecule has 0 aromatic rings. The van der Waals surface area contributed by atoms with Crippen molar-refractivity contribution in [3.63, 3.8) is 0 Å². The predicted octanol–water partition coefficient (Wildman–Crippen LogP) is 2.34. The van der Waals surface area contributed by atoms with Gasteiger partial charge in [0.15, 0.2) is 0 Å². The van der Waals surface area contributed by atoms with Crippen molar-refractivity contribution in [1.82, 2.24) is 9.80 Å². The average Bonchev–Trinajstić information content (AvgIpc) is 2.33. The summed E-state index contributed by atoms with van der Waals surface area (Å²) in [6.07, 6.45) is 1.80. The monoisotopic (exact) mass is 237 g/mol. The Labute approximate surface area is 106 Å². The lowest BCUT2D eigenvalue weighted by molar-refractivity contribution is 0.111. The number of nitriles is 1. The molecule has 0 aromatic carbocycles. The third-order valence-electron chi connectivity index (χ3n) is 3.78. The number of hydrogen-bond donors (Lipinski definition) is 0. The molecule has 1 aliphatic rings. The van der Waals surface area contributed by atoms with Crippen LogP contribution in [0.25, 0.3) is 0 Å². The minimum Gasteiger partial charge on any atom is -0.304 e. The summed E-state index contributed by atoms with van der Waals surface area (Å²) in [5.74, 6) is 0. The van der Waals surface area contributed by atoms with Gasteiger partial charge in [0, 0.05) is 31.7 Å². The summed E-state index contributed by atoms with van der Waals surface area (Å²) in [6.45, 7) is 12.4. The fourth-order valence-electron chi connectivity index (χ4n) is 2.97. The molecular weight excluding hydrogens is 210 g/mol. The topological polar surface area (TPSA) is 30.3 Å². The van der Waals surface area contributed by atoms with Crippen LogP contribution in [0.3, 0.4) is 0 Å². The molecule has 0 radical (unpaired) electrons. The second-order valence-corrected chi connectivity index (χ2v) is 6.31. The van der Waals surface area contributed by atoms with Gasteiger partial charge in [0.05, 0.1) is 12.5 Å². The first-order chi connectivity index (χ1) is 7.89. The van der Waals surface area contributed by atoms with Crippen LogP contribution in [0.2, 0.25) is 0 Å². The van der Waals surface area contributed by atoms with E-state index in [0.29, 0.717) is 23.9 Å². The molecule has 1 saturated heterocycles. The summed E-state index contributed by atoms with van der Waals surface area (Å²) in [5.41, 5.74) is 0.308. The summed E-state index contributed by atoms with van der Waals surface area (Å²) in [4.78, 5) is 4.93. The fourth-order valence-corrected chi connectivity index (χ4v) is 2.97. The molecule has 2 unspecified atom stereocenters. The largest absolute Gasteiger partial charge is 0.304 e. The lowest BCUT2D eigenvalue weighted by Gasteiger charge is -2.37. The van der Waals surface area contributed by atoms with E-state index in [1.807, 2.05) is 0 Å². The molecule has 1 heterocycles. The van der Waals surface area contributed by atoms with Crippen molar-refractivity contribution in [2.24, 2.45) is 5.41 Å². The Morgan fingerprint density at radius 3 is 2.59 bits per heavy atom. The van der Waals surface area contributed by atoms with Crippen molar-refractivity contribution in [2.75, 3.05) is 26.7 Å². The van der Waals surface area contributed by atoms with Crippen molar-refractivity contribution in [1.29, 1.82) is 5.26 Å². The Bertz CT molecular complexity index is 280. The van der Waals surface area contributed by atoms with Gasteiger partial charge in [0.2, 0.25) is 0 Å². The Hall–Kier alpha value is -0.590. The molecule has 17 heavy (non-hydrogen) atoms. The minimum atomic E-state index is 0.308. The molecule has 0 bridgehead atoms. The highest BCUT2D eigenvalue weighted by Crippen LogP contribution is 2.27. The van der Waals surface area contributed by atoms with Crippen LogP contribution in [0.5, 0.6) is 0 Å². The molecule has 0 aliphatic carbocycles. The zero-order chi connectivity index (χ0) is 13.1. The maximum Gasteiger partial charge on any atom is 0.0638 e. The van der Waals surface area contributed by atoms with Crippen LogP contribution in [0, 0.1) is 16.7 Å². The highest BCUT2D eigenvalue weighted by atomic mass is 15.3. The van der Waals surface area contributed by atoms with E-state index < -0.39 is 0 Å². The Morgan fingerprint density at radius 1 is 1.41 bits per heavy atom. The molecule has 1 aliphatic heterocycles. The molecule has 0 aromatic heterocycles. The van der Waals surface area contributed by atoms with Gasteiger partial charge in [-0.05, 0) is 25.8 Å². The summed E-state index contributed by atoms with van der Waals surface area (Å²) < 4.78 is 0. The van der Waals surface area contributed by atoms with Gasteiger partial charge in [0.25, 0.3) is 0 Å². The standard InChI is InChI=1S/C14H27N3/c1-6-12(2)17-11-14(3,4)10-16(5)9-13(17)7-8-15/h12-13H,6-7,9-11H2,1-5H3. The Balaban J connectivity index is 2.89. The van der Waals surface area contributed by atoms with Crippen LogP contribution < -0.4 is 0 Å². The molecule has 0 saturated carbocycles. The maximum absolute atomic E-state index is 9.00. The second-order valence-electron chi connectivity index (χ2n) is 6.31. The average molecular weight is 237 g/mol. The molecule has 2 atom stereocenters. The van der Waals surface area contributed by atoms with E-state index >= 15 is 0 Å². The number of likely N-dealkylation sites (N-methyl/N-ethyl adjacent to an activating group) is 1. The van der Waals surface area contributed by atoms with E-state index in [4.69, 9.17) is 5.26 Å². The highest BCUT2D eigenvalue weighted by molar-refractivity contribution is 4.93. The van der Waals surface area contributed by atoms with Gasteiger partial charge in [-0.15, -0.1) is 0 Å². The normalized spacial score (nSPS) is 28.4. The molecule has 0 amide bonds. The minimum absolute atomic E-state index is 0.308. The molecule has 1 fully saturated rings. The lowest BCUT2D eigenvalue weighted by atomic mass is 9.92. The third kappa shape index (κ3) is 3.97. The van der Waals surface area contributed by atoms with Gasteiger partial charge >= 0.3 is 0 Å². The van der Waals surface area contributed by atoms with Crippen LogP contribution in [-0.4, -0.2) is 48.6 Å². The van der Waals surface area contributed by atoms with E-state index in [2.05, 4.69) is 50.6 Å². The van der Waals surface area contributed by atoms with E-state index in [0.717, 1.165) is 26.1 Å². The van der Waals surface area contributed by atoms with Crippen molar-refractivity contribution in [2.45, 2.75) is 52.6 Å². The molecule has 3 nitrogen and oxygen atoms in total. The van der Waals surface area contributed by atoms with Crippen LogP contribution in [-0.2, 0) is 0 Å². The first-order valence-corrected chi connectivity index (χ1v) is 6.71. The smallest absolute Gasteiger partial charge is 0.0638 e. The van der Waals surface area contributed by atoms with Crippen molar-refractivity contribution >= 4 is 0 Å². The van der Waals surface area contributed by atoms with Crippen molar-refractivity contribution in [3.05, 3.63) is 0 Å². The first-order valence-electron chi connectivity index (χ1n) is 6.71. The molecule has 98 valence electrons. The predicted molar refractivity (Wildman–Crippen MR) is 71.8 cm³/mol. The van der Waals surface area contributed by atoms with E-state index in [9.17, 15) is 0 Å². The molecule has 0 spiro atoms. The lowest BCUT2D eigenvalue weighted by Crippen LogP contribution is -2.46. The summed E-state index contributed by atoms with van der Waals surface area (Å²) in [5, 5.41) is 9.00. The molecule has 1 rings (SSSR count). The quantitative estimate of drug-likeness (QED) is 0.755. The van der Waals surface area contributed by atoms with Crippen molar-refractivity contribution in [3.8, 4) is 6.07 Å². The van der Waals surface area contributed by atoms with Crippen LogP contribution in [0.1, 0.15) is 40.5 Å². The molecular formula is C14H27N3. The van der Waals surface area contributed by atoms with Gasteiger partial charge in [-0.1, -0.05) is 20.8 Å². The first kappa shape index (κ1) is 14.5. The van der Waals surface area contributed by atoms with Gasteiger partial charge in [-0.2, -0.15) is 5.26 Å². The third-order valence-corrected chi connectivity index (χ3v) is 3.78. The van der Waals surface area contributed by atoms with E-state index in [1.54, 1.807) is 0 Å². The fraction of sp³-hybridized carbons (Fsp3) is 0.929. The number of nitrogens with zero attached hydrogens (tertiary/aromatic N) is 3. The Kier molecular flexibility index (Phi) is 4.97. The van der Waals surface area contributed by atoms with E-state index in [-0.39, 0.29) is 0 Å². The van der Waals surface area contributed by atoms with E-state index in [1.165, 1.54) is 0 Å². The highest BCUT2D eigenvalue weighted by Gasteiger charge is 2.34. The summed E-state index contributed by atoms with van der Waals surface area (Å²) >= 11 is 0. The molecule has 3 heteroatoms. The number of rotatable bonds is 3. The zero-order valence-corrected chi connectivity index (χ0v) is 12.0. The van der Waals surface area contributed by atoms with Gasteiger partial charge in [0.1, 0.15) is 0 Å². The van der Waals surface area contributed by atoms with Gasteiger partial charge < -0.3 is 4.90 Å². The van der Waals surface area contributed by atoms with Crippen LogP contribution >= 0.6 is 0 Å². The summed E-state index contributed by atoms with van der Waals surface area (Å²) in [7, 11) is 2.17. The number of hydrogen-bond acceptors (Lipinski definition) is 3. The SMILES string of the molecule is CCC(C)N1CC(C)(C)CN(C)CC1CC#N. The zero-order valence-electron chi connectivity index (χ0n) is 12.0. The van der Waals surface area contributed by atoms with Gasteiger partial charge in [-0.3, -0.25) is 4.90 Å². The Morgan fingerprint density at radius 2 is 2.06 bits per heavy atom. The van der Waals surface area contributed by atoms with Crippen LogP contribution in [0.4, 0.5) is 0 Å².